The van der Waals surface area contributed by atoms with Crippen molar-refractivity contribution in [3.05, 3.63) is 30.3 Å². The van der Waals surface area contributed by atoms with Gasteiger partial charge < -0.3 is 15.0 Å². The van der Waals surface area contributed by atoms with Gasteiger partial charge in [-0.1, -0.05) is 18.2 Å². The van der Waals surface area contributed by atoms with E-state index in [4.69, 9.17) is 15.0 Å². The molecule has 118 valence electrons. The first-order valence-electron chi connectivity index (χ1n) is 6.99. The van der Waals surface area contributed by atoms with E-state index in [0.29, 0.717) is 18.7 Å². The Balaban J connectivity index is 2.78. The van der Waals surface area contributed by atoms with E-state index in [1.165, 1.54) is 0 Å². The quantitative estimate of drug-likeness (QED) is 0.536. The van der Waals surface area contributed by atoms with E-state index in [0.717, 1.165) is 0 Å². The topological polar surface area (TPSA) is 90.7 Å². The van der Waals surface area contributed by atoms with Crippen LogP contribution >= 0.6 is 7.52 Å². The van der Waals surface area contributed by atoms with E-state index in [1.54, 1.807) is 38.1 Å². The van der Waals surface area contributed by atoms with Crippen LogP contribution in [-0.2, 0) is 14.1 Å². The third kappa shape index (κ3) is 6.29. The molecule has 0 fully saturated rings. The van der Waals surface area contributed by atoms with Crippen molar-refractivity contribution in [1.29, 1.82) is 0 Å². The van der Waals surface area contributed by atoms with Crippen LogP contribution in [0, 0.1) is 0 Å². The van der Waals surface area contributed by atoms with Crippen molar-refractivity contribution in [3.63, 3.8) is 0 Å². The van der Waals surface area contributed by atoms with Gasteiger partial charge in [-0.2, -0.15) is 0 Å². The van der Waals surface area contributed by atoms with Crippen LogP contribution in [-0.4, -0.2) is 31.3 Å². The fourth-order valence-electron chi connectivity index (χ4n) is 1.70. The molecular formula is C14H23N2O4P. The van der Waals surface area contributed by atoms with Crippen LogP contribution < -0.4 is 15.3 Å². The highest BCUT2D eigenvalue weighted by Gasteiger charge is 2.29. The summed E-state index contributed by atoms with van der Waals surface area (Å²) < 4.78 is 23.3. The van der Waals surface area contributed by atoms with E-state index in [-0.39, 0.29) is 12.8 Å². The van der Waals surface area contributed by atoms with Crippen molar-refractivity contribution in [2.75, 3.05) is 19.3 Å². The van der Waals surface area contributed by atoms with Gasteiger partial charge in [-0.15, -0.1) is 0 Å². The third-order valence-corrected chi connectivity index (χ3v) is 4.87. The Hall–Kier alpha value is -1.36. The van der Waals surface area contributed by atoms with Crippen molar-refractivity contribution >= 4 is 13.5 Å². The molecule has 0 saturated carbocycles. The van der Waals surface area contributed by atoms with Crippen LogP contribution in [0.15, 0.2) is 30.3 Å². The van der Waals surface area contributed by atoms with E-state index >= 15 is 0 Å². The number of carbonyl (C=O) groups excluding carboxylic acids is 1. The number of nitrogens with two attached hydrogens (primary N) is 1. The Morgan fingerprint density at radius 3 is 2.62 bits per heavy atom. The maximum atomic E-state index is 12.9. The number of carbonyl (C=O) groups is 1. The number of esters is 1. The molecule has 0 bridgehead atoms. The molecule has 0 aliphatic carbocycles. The highest BCUT2D eigenvalue weighted by atomic mass is 31.2. The second-order valence-electron chi connectivity index (χ2n) is 4.55. The number of ether oxygens (including phenoxy) is 1. The van der Waals surface area contributed by atoms with Gasteiger partial charge in [0.15, 0.2) is 0 Å². The number of benzene rings is 1. The first-order valence-corrected chi connectivity index (χ1v) is 8.80. The lowest BCUT2D eigenvalue weighted by Crippen LogP contribution is -2.35. The summed E-state index contributed by atoms with van der Waals surface area (Å²) >= 11 is 0. The SMILES string of the molecule is CCOC(=O)[C@H](C)NP(=O)(CCCN)Oc1ccccc1. The van der Waals surface area contributed by atoms with Crippen molar-refractivity contribution in [1.82, 2.24) is 5.09 Å². The molecule has 6 nitrogen and oxygen atoms in total. The van der Waals surface area contributed by atoms with Gasteiger partial charge in [0.2, 0.25) is 0 Å². The molecule has 0 saturated heterocycles. The summed E-state index contributed by atoms with van der Waals surface area (Å²) in [6.45, 7) is 4.00. The van der Waals surface area contributed by atoms with E-state index in [1.807, 2.05) is 6.07 Å². The summed E-state index contributed by atoms with van der Waals surface area (Å²) in [5.41, 5.74) is 5.47. The average Bonchev–Trinajstić information content (AvgIpc) is 2.46. The first kappa shape index (κ1) is 17.7. The highest BCUT2D eigenvalue weighted by Crippen LogP contribution is 2.44. The molecule has 0 aliphatic heterocycles. The smallest absolute Gasteiger partial charge is 0.323 e. The van der Waals surface area contributed by atoms with Crippen LogP contribution in [0.3, 0.4) is 0 Å². The van der Waals surface area contributed by atoms with Crippen LogP contribution in [0.2, 0.25) is 0 Å². The summed E-state index contributed by atoms with van der Waals surface area (Å²) in [5, 5.41) is 2.76. The monoisotopic (exact) mass is 314 g/mol. The molecule has 0 spiro atoms. The minimum absolute atomic E-state index is 0.252. The standard InChI is InChI=1S/C14H23N2O4P/c1-3-19-14(17)12(2)16-21(18,11-7-10-15)20-13-8-5-4-6-9-13/h4-6,8-9,12H,3,7,10-11,15H2,1-2H3,(H,16,18)/t12-,21?/m0/s1. The lowest BCUT2D eigenvalue weighted by molar-refractivity contribution is -0.144. The second kappa shape index (κ2) is 8.82. The predicted octanol–water partition coefficient (Wildman–Crippen LogP) is 2.15. The largest absolute Gasteiger partial charge is 0.465 e. The van der Waals surface area contributed by atoms with Crippen LogP contribution in [0.5, 0.6) is 5.75 Å². The van der Waals surface area contributed by atoms with Crippen molar-refractivity contribution in [3.8, 4) is 5.75 Å². The van der Waals surface area contributed by atoms with Gasteiger partial charge in [-0.05, 0) is 38.9 Å². The highest BCUT2D eigenvalue weighted by molar-refractivity contribution is 7.57. The van der Waals surface area contributed by atoms with Gasteiger partial charge in [0, 0.05) is 0 Å². The predicted molar refractivity (Wildman–Crippen MR) is 82.4 cm³/mol. The van der Waals surface area contributed by atoms with Gasteiger partial charge in [-0.25, -0.2) is 5.09 Å². The summed E-state index contributed by atoms with van der Waals surface area (Å²) in [7, 11) is -3.22. The van der Waals surface area contributed by atoms with Gasteiger partial charge in [0.1, 0.15) is 11.8 Å². The molecule has 1 unspecified atom stereocenters. The molecule has 0 heterocycles. The average molecular weight is 314 g/mol. The number of nitrogens with one attached hydrogen (secondary N) is 1. The summed E-state index contributed by atoms with van der Waals surface area (Å²) in [5.74, 6) is 0.0311. The lowest BCUT2D eigenvalue weighted by atomic mass is 10.3. The van der Waals surface area contributed by atoms with Crippen LogP contribution in [0.25, 0.3) is 0 Å². The number of hydrogen-bond acceptors (Lipinski definition) is 5. The molecule has 1 aromatic rings. The Bertz CT molecular complexity index is 481. The van der Waals surface area contributed by atoms with E-state index in [2.05, 4.69) is 5.09 Å². The zero-order valence-electron chi connectivity index (χ0n) is 12.5. The van der Waals surface area contributed by atoms with E-state index in [9.17, 15) is 9.36 Å². The molecule has 0 aliphatic rings. The number of hydrogen-bond donors (Lipinski definition) is 2. The molecule has 1 aromatic carbocycles. The van der Waals surface area contributed by atoms with Crippen molar-refractivity contribution < 1.29 is 18.6 Å². The van der Waals surface area contributed by atoms with Gasteiger partial charge in [-0.3, -0.25) is 9.36 Å². The minimum Gasteiger partial charge on any atom is -0.465 e. The van der Waals surface area contributed by atoms with Crippen LogP contribution in [0.4, 0.5) is 0 Å². The Morgan fingerprint density at radius 2 is 2.05 bits per heavy atom. The van der Waals surface area contributed by atoms with Gasteiger partial charge in [0.25, 0.3) is 0 Å². The number of rotatable bonds is 9. The molecule has 3 N–H and O–H groups in total. The van der Waals surface area contributed by atoms with Gasteiger partial charge >= 0.3 is 13.5 Å². The molecular weight excluding hydrogens is 291 g/mol. The van der Waals surface area contributed by atoms with Crippen molar-refractivity contribution in [2.24, 2.45) is 5.73 Å². The Morgan fingerprint density at radius 1 is 1.38 bits per heavy atom. The van der Waals surface area contributed by atoms with Crippen LogP contribution in [0.1, 0.15) is 20.3 Å². The minimum atomic E-state index is -3.22. The zero-order valence-corrected chi connectivity index (χ0v) is 13.3. The summed E-state index contributed by atoms with van der Waals surface area (Å²) in [6, 6.07) is 8.14. The maximum Gasteiger partial charge on any atom is 0.323 e. The Kier molecular flexibility index (Phi) is 7.43. The third-order valence-electron chi connectivity index (χ3n) is 2.68. The molecule has 0 aromatic heterocycles. The Labute approximate surface area is 125 Å². The van der Waals surface area contributed by atoms with Crippen molar-refractivity contribution in [2.45, 2.75) is 26.3 Å². The molecule has 21 heavy (non-hydrogen) atoms. The maximum absolute atomic E-state index is 12.9. The second-order valence-corrected chi connectivity index (χ2v) is 6.78. The molecule has 2 atom stereocenters. The first-order chi connectivity index (χ1) is 10.0. The van der Waals surface area contributed by atoms with Gasteiger partial charge in [0.05, 0.1) is 12.8 Å². The fourth-order valence-corrected chi connectivity index (χ4v) is 3.73. The number of para-hydroxylation sites is 1. The molecule has 0 radical (unpaired) electrons. The lowest BCUT2D eigenvalue weighted by Gasteiger charge is -2.23. The molecule has 0 amide bonds. The fraction of sp³-hybridized carbons (Fsp3) is 0.500. The molecule has 1 rings (SSSR count). The van der Waals surface area contributed by atoms with E-state index < -0.39 is 19.5 Å². The summed E-state index contributed by atoms with van der Waals surface area (Å²) in [6.07, 6.45) is 0.787. The normalized spacial score (nSPS) is 15.0. The molecule has 7 heteroatoms. The summed E-state index contributed by atoms with van der Waals surface area (Å²) in [4.78, 5) is 11.7. The zero-order chi connectivity index (χ0) is 15.7.